The second-order valence-corrected chi connectivity index (χ2v) is 5.44. The molecule has 80 valence electrons. The van der Waals surface area contributed by atoms with Crippen LogP contribution in [0.4, 0.5) is 0 Å². The molecule has 0 heterocycles. The van der Waals surface area contributed by atoms with E-state index in [2.05, 4.69) is 6.58 Å². The van der Waals surface area contributed by atoms with Crippen LogP contribution < -0.4 is 0 Å². The van der Waals surface area contributed by atoms with Crippen molar-refractivity contribution in [2.75, 3.05) is 0 Å². The zero-order chi connectivity index (χ0) is 10.5. The van der Waals surface area contributed by atoms with Crippen molar-refractivity contribution in [3.05, 3.63) is 23.3 Å². The Hall–Kier alpha value is -0.850. The molecule has 1 fully saturated rings. The molecule has 0 saturated heterocycles. The molecule has 0 aromatic rings. The first kappa shape index (κ1) is 9.38. The number of rotatable bonds is 0. The summed E-state index contributed by atoms with van der Waals surface area (Å²) in [6.07, 6.45) is 8.97. The molecule has 1 atom stereocenters. The lowest BCUT2D eigenvalue weighted by atomic mass is 9.75. The van der Waals surface area contributed by atoms with E-state index in [0.29, 0.717) is 11.2 Å². The fourth-order valence-electron chi connectivity index (χ4n) is 3.83. The maximum Gasteiger partial charge on any atom is 0.158 e. The molecule has 3 aliphatic carbocycles. The molecule has 0 aliphatic heterocycles. The van der Waals surface area contributed by atoms with E-state index in [1.807, 2.05) is 0 Å². The minimum atomic E-state index is 0.391. The molecule has 15 heavy (non-hydrogen) atoms. The third-order valence-electron chi connectivity index (χ3n) is 4.57. The Morgan fingerprint density at radius 1 is 1.07 bits per heavy atom. The van der Waals surface area contributed by atoms with Gasteiger partial charge >= 0.3 is 0 Å². The highest BCUT2D eigenvalue weighted by Gasteiger charge is 2.45. The van der Waals surface area contributed by atoms with Crippen molar-refractivity contribution in [2.45, 2.75) is 51.4 Å². The zero-order valence-electron chi connectivity index (χ0n) is 9.27. The molecule has 3 rings (SSSR count). The van der Waals surface area contributed by atoms with E-state index in [1.165, 1.54) is 48.8 Å². The smallest absolute Gasteiger partial charge is 0.158 e. The predicted octanol–water partition coefficient (Wildman–Crippen LogP) is 3.56. The molecular weight excluding hydrogens is 184 g/mol. The molecule has 0 amide bonds. The standard InChI is InChI=1S/C14H18O/c1-10-5-7-14(9-10)8-6-11-12(14)3-2-4-13(11)15/h1-9H2/t14-/m0/s1. The van der Waals surface area contributed by atoms with E-state index in [-0.39, 0.29) is 0 Å². The average molecular weight is 202 g/mol. The van der Waals surface area contributed by atoms with E-state index in [4.69, 9.17) is 0 Å². The van der Waals surface area contributed by atoms with E-state index >= 15 is 0 Å². The number of fused-ring (bicyclic) bond motifs is 1. The van der Waals surface area contributed by atoms with Crippen molar-refractivity contribution >= 4 is 5.78 Å². The lowest BCUT2D eigenvalue weighted by Crippen LogP contribution is -2.18. The van der Waals surface area contributed by atoms with Crippen LogP contribution in [0.25, 0.3) is 0 Å². The SMILES string of the molecule is C=C1CC[C@]2(CCC3=C2CCCC3=O)C1. The van der Waals surface area contributed by atoms with Crippen molar-refractivity contribution in [3.63, 3.8) is 0 Å². The average Bonchev–Trinajstić information content (AvgIpc) is 2.75. The number of Topliss-reactive ketones (excluding diaryl/α,β-unsaturated/α-hetero) is 1. The minimum Gasteiger partial charge on any atom is -0.295 e. The first-order valence-electron chi connectivity index (χ1n) is 6.14. The van der Waals surface area contributed by atoms with Crippen LogP contribution in [-0.4, -0.2) is 5.78 Å². The van der Waals surface area contributed by atoms with Gasteiger partial charge in [-0.3, -0.25) is 4.79 Å². The summed E-state index contributed by atoms with van der Waals surface area (Å²) in [7, 11) is 0. The molecule has 1 saturated carbocycles. The van der Waals surface area contributed by atoms with Crippen molar-refractivity contribution in [1.29, 1.82) is 0 Å². The Morgan fingerprint density at radius 3 is 2.60 bits per heavy atom. The quantitative estimate of drug-likeness (QED) is 0.549. The topological polar surface area (TPSA) is 17.1 Å². The summed E-state index contributed by atoms with van der Waals surface area (Å²) < 4.78 is 0. The van der Waals surface area contributed by atoms with Gasteiger partial charge in [0.15, 0.2) is 5.78 Å². The third-order valence-corrected chi connectivity index (χ3v) is 4.57. The molecule has 0 unspecified atom stereocenters. The van der Waals surface area contributed by atoms with Gasteiger partial charge in [-0.05, 0) is 55.9 Å². The second-order valence-electron chi connectivity index (χ2n) is 5.44. The molecule has 0 N–H and O–H groups in total. The predicted molar refractivity (Wildman–Crippen MR) is 60.5 cm³/mol. The van der Waals surface area contributed by atoms with Gasteiger partial charge in [0.2, 0.25) is 0 Å². The van der Waals surface area contributed by atoms with Gasteiger partial charge in [-0.1, -0.05) is 17.7 Å². The van der Waals surface area contributed by atoms with Gasteiger partial charge in [-0.25, -0.2) is 0 Å². The van der Waals surface area contributed by atoms with Crippen LogP contribution in [0.3, 0.4) is 0 Å². The molecule has 1 heteroatoms. The van der Waals surface area contributed by atoms with Crippen LogP contribution in [0.15, 0.2) is 23.3 Å². The minimum absolute atomic E-state index is 0.391. The number of hydrogen-bond donors (Lipinski definition) is 0. The normalized spacial score (nSPS) is 35.5. The van der Waals surface area contributed by atoms with Crippen LogP contribution in [0.1, 0.15) is 51.4 Å². The summed E-state index contributed by atoms with van der Waals surface area (Å²) >= 11 is 0. The molecule has 1 spiro atoms. The third kappa shape index (κ3) is 1.25. The molecule has 1 nitrogen and oxygen atoms in total. The lowest BCUT2D eigenvalue weighted by Gasteiger charge is -2.29. The highest BCUT2D eigenvalue weighted by molar-refractivity contribution is 5.97. The molecule has 0 radical (unpaired) electrons. The van der Waals surface area contributed by atoms with E-state index in [0.717, 1.165) is 19.3 Å². The fraction of sp³-hybridized carbons (Fsp3) is 0.643. The monoisotopic (exact) mass is 202 g/mol. The second kappa shape index (κ2) is 3.07. The maximum absolute atomic E-state index is 11.8. The summed E-state index contributed by atoms with van der Waals surface area (Å²) in [5, 5.41) is 0. The summed E-state index contributed by atoms with van der Waals surface area (Å²) in [5.41, 5.74) is 4.55. The summed E-state index contributed by atoms with van der Waals surface area (Å²) in [6, 6.07) is 0. The highest BCUT2D eigenvalue weighted by Crippen LogP contribution is 2.57. The Labute approximate surface area is 91.2 Å². The van der Waals surface area contributed by atoms with Gasteiger partial charge in [0.1, 0.15) is 0 Å². The zero-order valence-corrected chi connectivity index (χ0v) is 9.27. The van der Waals surface area contributed by atoms with Gasteiger partial charge in [-0.15, -0.1) is 0 Å². The maximum atomic E-state index is 11.8. The molecule has 3 aliphatic rings. The number of allylic oxidation sites excluding steroid dienone is 3. The van der Waals surface area contributed by atoms with Gasteiger partial charge in [0.25, 0.3) is 0 Å². The Morgan fingerprint density at radius 2 is 1.87 bits per heavy atom. The van der Waals surface area contributed by atoms with Crippen molar-refractivity contribution in [3.8, 4) is 0 Å². The number of carbonyl (C=O) groups is 1. The van der Waals surface area contributed by atoms with Crippen LogP contribution in [-0.2, 0) is 4.79 Å². The van der Waals surface area contributed by atoms with Crippen LogP contribution in [0.2, 0.25) is 0 Å². The summed E-state index contributed by atoms with van der Waals surface area (Å²) in [5.74, 6) is 0.450. The van der Waals surface area contributed by atoms with E-state index < -0.39 is 0 Å². The Bertz CT molecular complexity index is 375. The largest absolute Gasteiger partial charge is 0.295 e. The van der Waals surface area contributed by atoms with Crippen molar-refractivity contribution in [1.82, 2.24) is 0 Å². The van der Waals surface area contributed by atoms with E-state index in [1.54, 1.807) is 0 Å². The Balaban J connectivity index is 2.01. The van der Waals surface area contributed by atoms with Crippen molar-refractivity contribution < 1.29 is 4.79 Å². The van der Waals surface area contributed by atoms with Gasteiger partial charge < -0.3 is 0 Å². The van der Waals surface area contributed by atoms with Crippen LogP contribution in [0, 0.1) is 5.41 Å². The Kier molecular flexibility index (Phi) is 1.92. The number of ketones is 1. The summed E-state index contributed by atoms with van der Waals surface area (Å²) in [6.45, 7) is 4.12. The first-order valence-corrected chi connectivity index (χ1v) is 6.14. The molecule has 0 bridgehead atoms. The lowest BCUT2D eigenvalue weighted by molar-refractivity contribution is -0.116. The molecule has 0 aromatic heterocycles. The number of hydrogen-bond acceptors (Lipinski definition) is 1. The molecule has 0 aromatic carbocycles. The highest BCUT2D eigenvalue weighted by atomic mass is 16.1. The fourth-order valence-corrected chi connectivity index (χ4v) is 3.83. The first-order chi connectivity index (χ1) is 7.21. The van der Waals surface area contributed by atoms with Gasteiger partial charge in [-0.2, -0.15) is 0 Å². The van der Waals surface area contributed by atoms with Gasteiger partial charge in [0, 0.05) is 6.42 Å². The van der Waals surface area contributed by atoms with Gasteiger partial charge in [0.05, 0.1) is 0 Å². The molecular formula is C14H18O. The van der Waals surface area contributed by atoms with Crippen molar-refractivity contribution in [2.24, 2.45) is 5.41 Å². The summed E-state index contributed by atoms with van der Waals surface area (Å²) in [4.78, 5) is 11.8. The van der Waals surface area contributed by atoms with Crippen LogP contribution >= 0.6 is 0 Å². The number of carbonyl (C=O) groups excluding carboxylic acids is 1. The van der Waals surface area contributed by atoms with E-state index in [9.17, 15) is 4.79 Å². The van der Waals surface area contributed by atoms with Crippen LogP contribution in [0.5, 0.6) is 0 Å².